The molecule has 0 bridgehead atoms. The second-order valence-electron chi connectivity index (χ2n) is 3.72. The highest BCUT2D eigenvalue weighted by atomic mass is 32.2. The zero-order chi connectivity index (χ0) is 15.3. The topological polar surface area (TPSA) is 111 Å². The number of nitrogens with one attached hydrogen (secondary N) is 1. The Bertz CT molecular complexity index is 799. The normalized spacial score (nSPS) is 10.6. The van der Waals surface area contributed by atoms with Crippen molar-refractivity contribution in [3.63, 3.8) is 0 Å². The molecule has 0 saturated carbocycles. The minimum atomic E-state index is -4.02. The molecule has 0 atom stereocenters. The summed E-state index contributed by atoms with van der Waals surface area (Å²) < 4.78 is 39.9. The Balaban J connectivity index is 2.45. The Kier molecular flexibility index (Phi) is 4.42. The zero-order valence-electron chi connectivity index (χ0n) is 10.6. The summed E-state index contributed by atoms with van der Waals surface area (Å²) >= 11 is 0. The van der Waals surface area contributed by atoms with Gasteiger partial charge in [-0.2, -0.15) is 5.10 Å². The van der Waals surface area contributed by atoms with Crippen molar-refractivity contribution >= 4 is 16.0 Å². The van der Waals surface area contributed by atoms with Gasteiger partial charge in [-0.15, -0.1) is 5.10 Å². The van der Waals surface area contributed by atoms with E-state index in [0.717, 1.165) is 18.2 Å². The maximum atomic E-state index is 13.2. The van der Waals surface area contributed by atoms with Gasteiger partial charge in [0.2, 0.25) is 0 Å². The molecule has 0 aliphatic heterocycles. The van der Waals surface area contributed by atoms with E-state index < -0.39 is 15.8 Å². The lowest BCUT2D eigenvalue weighted by Gasteiger charge is -2.07. The van der Waals surface area contributed by atoms with Crippen molar-refractivity contribution in [2.24, 2.45) is 5.73 Å². The molecule has 7 nitrogen and oxygen atoms in total. The molecule has 0 spiro atoms. The van der Waals surface area contributed by atoms with Crippen LogP contribution in [0.25, 0.3) is 0 Å². The molecule has 9 heteroatoms. The van der Waals surface area contributed by atoms with E-state index in [9.17, 15) is 12.8 Å². The molecule has 0 aliphatic rings. The lowest BCUT2D eigenvalue weighted by molar-refractivity contribution is 0.598. The number of hydrogen-bond donors (Lipinski definition) is 2. The van der Waals surface area contributed by atoms with Crippen molar-refractivity contribution in [3.8, 4) is 11.8 Å². The highest BCUT2D eigenvalue weighted by Crippen LogP contribution is 2.18. The summed E-state index contributed by atoms with van der Waals surface area (Å²) in [7, 11) is -4.02. The van der Waals surface area contributed by atoms with Crippen molar-refractivity contribution in [2.75, 3.05) is 11.3 Å². The van der Waals surface area contributed by atoms with Crippen LogP contribution in [0.3, 0.4) is 0 Å². The summed E-state index contributed by atoms with van der Waals surface area (Å²) in [6, 6.07) is 3.14. The van der Waals surface area contributed by atoms with E-state index >= 15 is 0 Å². The number of anilines is 1. The molecule has 3 N–H and O–H groups in total. The molecular formula is C12H10FN5O2S. The minimum absolute atomic E-state index is 0.00293. The summed E-state index contributed by atoms with van der Waals surface area (Å²) in [4.78, 5) is 3.51. The number of hydrogen-bond acceptors (Lipinski definition) is 6. The highest BCUT2D eigenvalue weighted by molar-refractivity contribution is 7.92. The first-order valence-electron chi connectivity index (χ1n) is 5.68. The van der Waals surface area contributed by atoms with Crippen molar-refractivity contribution in [1.82, 2.24) is 15.2 Å². The molecule has 1 aromatic carbocycles. The quantitative estimate of drug-likeness (QED) is 0.779. The van der Waals surface area contributed by atoms with E-state index in [0.29, 0.717) is 0 Å². The van der Waals surface area contributed by atoms with Gasteiger partial charge in [-0.05, 0) is 18.2 Å². The van der Waals surface area contributed by atoms with E-state index in [1.807, 2.05) is 0 Å². The maximum absolute atomic E-state index is 13.2. The van der Waals surface area contributed by atoms with Crippen LogP contribution in [0.4, 0.5) is 10.3 Å². The number of rotatable bonds is 3. The predicted octanol–water partition coefficient (Wildman–Crippen LogP) is 0.122. The van der Waals surface area contributed by atoms with Gasteiger partial charge in [0.1, 0.15) is 10.7 Å². The minimum Gasteiger partial charge on any atom is -0.320 e. The second kappa shape index (κ2) is 6.25. The first kappa shape index (κ1) is 14.8. The molecule has 1 heterocycles. The molecule has 21 heavy (non-hydrogen) atoms. The fourth-order valence-electron chi connectivity index (χ4n) is 1.45. The third-order valence-corrected chi connectivity index (χ3v) is 3.65. The Morgan fingerprint density at radius 1 is 1.33 bits per heavy atom. The fraction of sp³-hybridized carbons (Fsp3) is 0.0833. The molecule has 1 aromatic heterocycles. The van der Waals surface area contributed by atoms with Crippen molar-refractivity contribution < 1.29 is 12.8 Å². The lowest BCUT2D eigenvalue weighted by Crippen LogP contribution is -2.16. The number of aromatic nitrogens is 3. The lowest BCUT2D eigenvalue weighted by atomic mass is 10.2. The summed E-state index contributed by atoms with van der Waals surface area (Å²) in [5, 5.41) is 7.02. The van der Waals surface area contributed by atoms with Crippen molar-refractivity contribution in [3.05, 3.63) is 42.0 Å². The molecular weight excluding hydrogens is 297 g/mol. The van der Waals surface area contributed by atoms with Gasteiger partial charge < -0.3 is 5.73 Å². The molecule has 108 valence electrons. The molecule has 0 fully saturated rings. The van der Waals surface area contributed by atoms with Crippen LogP contribution in [0.15, 0.2) is 35.5 Å². The van der Waals surface area contributed by atoms with Gasteiger partial charge in [0.15, 0.2) is 0 Å². The van der Waals surface area contributed by atoms with Gasteiger partial charge in [0.25, 0.3) is 16.0 Å². The highest BCUT2D eigenvalue weighted by Gasteiger charge is 2.19. The predicted molar refractivity (Wildman–Crippen MR) is 73.0 cm³/mol. The van der Waals surface area contributed by atoms with Crippen LogP contribution >= 0.6 is 0 Å². The van der Waals surface area contributed by atoms with Gasteiger partial charge in [-0.1, -0.05) is 11.8 Å². The van der Waals surface area contributed by atoms with E-state index in [-0.39, 0.29) is 23.0 Å². The average Bonchev–Trinajstić information content (AvgIpc) is 2.45. The third-order valence-electron chi connectivity index (χ3n) is 2.26. The Hall–Kier alpha value is -2.57. The van der Waals surface area contributed by atoms with Crippen molar-refractivity contribution in [1.29, 1.82) is 0 Å². The van der Waals surface area contributed by atoms with Crippen LogP contribution in [0.2, 0.25) is 0 Å². The summed E-state index contributed by atoms with van der Waals surface area (Å²) in [5.74, 6) is 4.20. The smallest absolute Gasteiger partial charge is 0.265 e. The summed E-state index contributed by atoms with van der Waals surface area (Å²) in [5.41, 5.74) is 5.23. The van der Waals surface area contributed by atoms with E-state index in [2.05, 4.69) is 31.7 Å². The third kappa shape index (κ3) is 3.71. The van der Waals surface area contributed by atoms with Gasteiger partial charge in [0.05, 0.1) is 18.9 Å². The number of benzene rings is 1. The fourth-order valence-corrected chi connectivity index (χ4v) is 2.54. The summed E-state index contributed by atoms with van der Waals surface area (Å²) in [6.07, 6.45) is 2.58. The summed E-state index contributed by atoms with van der Waals surface area (Å²) in [6.45, 7) is 0.0230. The van der Waals surface area contributed by atoms with Gasteiger partial charge >= 0.3 is 0 Å². The molecule has 0 aliphatic carbocycles. The Morgan fingerprint density at radius 2 is 2.14 bits per heavy atom. The van der Waals surface area contributed by atoms with Gasteiger partial charge in [0, 0.05) is 5.56 Å². The van der Waals surface area contributed by atoms with Crippen LogP contribution in [0.1, 0.15) is 5.56 Å². The van der Waals surface area contributed by atoms with Crippen molar-refractivity contribution in [2.45, 2.75) is 4.90 Å². The first-order chi connectivity index (χ1) is 10.0. The van der Waals surface area contributed by atoms with Gasteiger partial charge in [-0.25, -0.2) is 22.5 Å². The van der Waals surface area contributed by atoms with Crippen LogP contribution in [-0.4, -0.2) is 30.1 Å². The molecule has 0 amide bonds. The average molecular weight is 307 g/mol. The van der Waals surface area contributed by atoms with Crippen LogP contribution < -0.4 is 10.5 Å². The second-order valence-corrected chi connectivity index (χ2v) is 5.37. The standard InChI is InChI=1S/C12H10FN5O2S/c13-10-3-4-11(9(8-10)2-1-5-14)21(19,20)18-12-15-6-7-16-17-12/h3-4,6-8H,5,14H2,(H,15,17,18). The molecule has 0 saturated heterocycles. The first-order valence-corrected chi connectivity index (χ1v) is 7.16. The number of halogens is 1. The maximum Gasteiger partial charge on any atom is 0.265 e. The number of sulfonamides is 1. The van der Waals surface area contributed by atoms with E-state index in [1.165, 1.54) is 12.4 Å². The zero-order valence-corrected chi connectivity index (χ0v) is 11.4. The molecule has 2 rings (SSSR count). The van der Waals surface area contributed by atoms with Crippen LogP contribution in [-0.2, 0) is 10.0 Å². The van der Waals surface area contributed by atoms with Gasteiger partial charge in [-0.3, -0.25) is 0 Å². The molecule has 0 radical (unpaired) electrons. The Morgan fingerprint density at radius 3 is 2.81 bits per heavy atom. The Labute approximate surface area is 120 Å². The number of nitrogens with zero attached hydrogens (tertiary/aromatic N) is 3. The van der Waals surface area contributed by atoms with Crippen LogP contribution in [0, 0.1) is 17.7 Å². The largest absolute Gasteiger partial charge is 0.320 e. The monoisotopic (exact) mass is 307 g/mol. The van der Waals surface area contributed by atoms with E-state index in [1.54, 1.807) is 0 Å². The SMILES string of the molecule is NCC#Cc1cc(F)ccc1S(=O)(=O)Nc1nccnn1. The number of nitrogens with two attached hydrogens (primary N) is 1. The van der Waals surface area contributed by atoms with Crippen LogP contribution in [0.5, 0.6) is 0 Å². The molecule has 2 aromatic rings. The van der Waals surface area contributed by atoms with E-state index in [4.69, 9.17) is 5.73 Å². The molecule has 0 unspecified atom stereocenters.